The molecule has 3 aliphatic rings. The van der Waals surface area contributed by atoms with Crippen molar-refractivity contribution in [1.29, 1.82) is 0 Å². The lowest BCUT2D eigenvalue weighted by Gasteiger charge is -2.31. The summed E-state index contributed by atoms with van der Waals surface area (Å²) in [6.07, 6.45) is 4.54. The van der Waals surface area contributed by atoms with Crippen molar-refractivity contribution in [3.63, 3.8) is 0 Å². The Hall–Kier alpha value is -4.87. The SMILES string of the molecule is O=C(CN(C(=O)c1ccc(Cl)c(Cl)c1)N1C(=O)[C@@H]2[C@@H](C1=O)[C@H]1C=C[C@H]2C1)c1ccc(OC(=O)c2ccc([N+](=O)[O-])cc2)cc1. The predicted molar refractivity (Wildman–Crippen MR) is 156 cm³/mol. The second-order valence-corrected chi connectivity index (χ2v) is 11.4. The van der Waals surface area contributed by atoms with Crippen LogP contribution in [-0.2, 0) is 9.59 Å². The zero-order chi connectivity index (χ0) is 31.3. The van der Waals surface area contributed by atoms with Crippen LogP contribution in [0.5, 0.6) is 5.75 Å². The molecule has 222 valence electrons. The number of nitrogens with zero attached hydrogens (tertiary/aromatic N) is 3. The number of ether oxygens (including phenoxy) is 1. The van der Waals surface area contributed by atoms with Crippen LogP contribution < -0.4 is 4.74 Å². The van der Waals surface area contributed by atoms with Crippen LogP contribution in [0.1, 0.15) is 37.5 Å². The third kappa shape index (κ3) is 5.14. The molecule has 0 unspecified atom stereocenters. The highest BCUT2D eigenvalue weighted by molar-refractivity contribution is 6.42. The molecule has 11 nitrogen and oxygen atoms in total. The molecule has 1 saturated heterocycles. The lowest BCUT2D eigenvalue weighted by Crippen LogP contribution is -2.52. The van der Waals surface area contributed by atoms with Crippen molar-refractivity contribution < 1.29 is 33.6 Å². The molecule has 3 aromatic carbocycles. The van der Waals surface area contributed by atoms with Gasteiger partial charge >= 0.3 is 5.97 Å². The molecule has 2 fully saturated rings. The van der Waals surface area contributed by atoms with E-state index in [1.54, 1.807) is 0 Å². The van der Waals surface area contributed by atoms with Gasteiger partial charge in [0.15, 0.2) is 5.78 Å². The van der Waals surface area contributed by atoms with Crippen molar-refractivity contribution in [3.8, 4) is 5.75 Å². The number of nitro benzene ring substituents is 1. The van der Waals surface area contributed by atoms with Gasteiger partial charge in [-0.3, -0.25) is 29.3 Å². The summed E-state index contributed by atoms with van der Waals surface area (Å²) >= 11 is 12.1. The van der Waals surface area contributed by atoms with Crippen LogP contribution in [0.2, 0.25) is 10.0 Å². The summed E-state index contributed by atoms with van der Waals surface area (Å²) in [5.41, 5.74) is 0.0498. The Morgan fingerprint density at radius 3 is 1.98 bits per heavy atom. The maximum atomic E-state index is 13.7. The number of fused-ring (bicyclic) bond motifs is 5. The maximum absolute atomic E-state index is 13.7. The minimum Gasteiger partial charge on any atom is -0.423 e. The second kappa shape index (κ2) is 11.3. The summed E-state index contributed by atoms with van der Waals surface area (Å²) in [6, 6.07) is 14.4. The van der Waals surface area contributed by atoms with E-state index >= 15 is 0 Å². The number of benzene rings is 3. The standard InChI is InChI=1S/C31H21Cl2N3O8/c32-23-12-7-20(14-24(23)33)28(38)34(35-29(39)26-18-1-2-19(13-18)27(26)30(35)40)15-25(37)16-5-10-22(11-6-16)44-31(41)17-3-8-21(9-4-17)36(42)43/h1-12,14,18-19,26-27H,13,15H2/t18-,19-,26-,27-/m0/s1. The van der Waals surface area contributed by atoms with Crippen molar-refractivity contribution in [2.75, 3.05) is 6.54 Å². The normalized spacial score (nSPS) is 21.4. The molecule has 0 aromatic heterocycles. The van der Waals surface area contributed by atoms with Gasteiger partial charge in [0.2, 0.25) is 0 Å². The average Bonchev–Trinajstić information content (AvgIpc) is 3.71. The van der Waals surface area contributed by atoms with Crippen LogP contribution in [-0.4, -0.2) is 51.0 Å². The van der Waals surface area contributed by atoms with Crippen LogP contribution >= 0.6 is 23.2 Å². The monoisotopic (exact) mass is 633 g/mol. The number of non-ortho nitro benzene ring substituents is 1. The van der Waals surface area contributed by atoms with E-state index in [0.29, 0.717) is 6.42 Å². The number of esters is 1. The maximum Gasteiger partial charge on any atom is 0.343 e. The highest BCUT2D eigenvalue weighted by Gasteiger charge is 2.61. The molecular formula is C31H21Cl2N3O8. The molecule has 6 rings (SSSR count). The van der Waals surface area contributed by atoms with Crippen molar-refractivity contribution in [2.45, 2.75) is 6.42 Å². The van der Waals surface area contributed by atoms with E-state index in [2.05, 4.69) is 0 Å². The number of Topliss-reactive ketones (excluding diaryl/α,β-unsaturated/α-hetero) is 1. The summed E-state index contributed by atoms with van der Waals surface area (Å²) in [6.45, 7) is -0.638. The number of allylic oxidation sites excluding steroid dienone is 2. The highest BCUT2D eigenvalue weighted by Crippen LogP contribution is 2.52. The van der Waals surface area contributed by atoms with E-state index in [4.69, 9.17) is 27.9 Å². The van der Waals surface area contributed by atoms with Gasteiger partial charge < -0.3 is 4.74 Å². The number of imide groups is 1. The van der Waals surface area contributed by atoms with E-state index in [1.165, 1.54) is 66.7 Å². The van der Waals surface area contributed by atoms with Crippen molar-refractivity contribution in [3.05, 3.63) is 116 Å². The Morgan fingerprint density at radius 1 is 0.841 bits per heavy atom. The molecule has 4 atom stereocenters. The third-order valence-corrected chi connectivity index (χ3v) is 8.82. The highest BCUT2D eigenvalue weighted by atomic mass is 35.5. The summed E-state index contributed by atoms with van der Waals surface area (Å²) in [4.78, 5) is 77.0. The van der Waals surface area contributed by atoms with Gasteiger partial charge in [0.1, 0.15) is 12.3 Å². The van der Waals surface area contributed by atoms with E-state index in [1.807, 2.05) is 12.2 Å². The molecule has 1 aliphatic heterocycles. The Balaban J connectivity index is 1.22. The number of hydrazine groups is 1. The number of nitro groups is 1. The summed E-state index contributed by atoms with van der Waals surface area (Å²) in [5.74, 6) is -4.53. The van der Waals surface area contributed by atoms with Gasteiger partial charge in [-0.05, 0) is 72.9 Å². The number of hydrogen-bond donors (Lipinski definition) is 0. The number of carbonyl (C=O) groups excluding carboxylic acids is 5. The fourth-order valence-corrected chi connectivity index (χ4v) is 6.26. The molecular weight excluding hydrogens is 613 g/mol. The van der Waals surface area contributed by atoms with Crippen LogP contribution in [0.25, 0.3) is 0 Å². The fourth-order valence-electron chi connectivity index (χ4n) is 5.96. The van der Waals surface area contributed by atoms with Gasteiger partial charge in [0.05, 0.1) is 32.4 Å². The first kappa shape index (κ1) is 29.2. The Kier molecular flexibility index (Phi) is 7.52. The van der Waals surface area contributed by atoms with Gasteiger partial charge in [0, 0.05) is 23.3 Å². The third-order valence-electron chi connectivity index (χ3n) is 8.08. The van der Waals surface area contributed by atoms with Gasteiger partial charge in [-0.15, -0.1) is 0 Å². The minimum absolute atomic E-state index is 0.0273. The molecule has 0 spiro atoms. The quantitative estimate of drug-likeness (QED) is 0.0628. The largest absolute Gasteiger partial charge is 0.423 e. The second-order valence-electron chi connectivity index (χ2n) is 10.6. The molecule has 44 heavy (non-hydrogen) atoms. The Morgan fingerprint density at radius 2 is 1.41 bits per heavy atom. The number of rotatable bonds is 8. The van der Waals surface area contributed by atoms with E-state index in [-0.39, 0.29) is 50.0 Å². The molecule has 3 aromatic rings. The molecule has 2 aliphatic carbocycles. The molecule has 13 heteroatoms. The summed E-state index contributed by atoms with van der Waals surface area (Å²) < 4.78 is 5.30. The lowest BCUT2D eigenvalue weighted by molar-refractivity contribution is -0.384. The van der Waals surface area contributed by atoms with E-state index in [0.717, 1.165) is 10.0 Å². The zero-order valence-electron chi connectivity index (χ0n) is 22.6. The van der Waals surface area contributed by atoms with E-state index in [9.17, 15) is 34.1 Å². The van der Waals surface area contributed by atoms with Crippen LogP contribution in [0.3, 0.4) is 0 Å². The topological polar surface area (TPSA) is 144 Å². The van der Waals surface area contributed by atoms with Crippen molar-refractivity contribution >= 4 is 58.4 Å². The molecule has 0 radical (unpaired) electrons. The van der Waals surface area contributed by atoms with Crippen LogP contribution in [0, 0.1) is 33.8 Å². The van der Waals surface area contributed by atoms with Crippen molar-refractivity contribution in [2.24, 2.45) is 23.7 Å². The van der Waals surface area contributed by atoms with Crippen LogP contribution in [0.15, 0.2) is 78.9 Å². The fraction of sp³-hybridized carbons (Fsp3) is 0.194. The number of amides is 3. The first-order valence-corrected chi connectivity index (χ1v) is 14.2. The number of halogens is 2. The van der Waals surface area contributed by atoms with Gasteiger partial charge in [-0.1, -0.05) is 35.4 Å². The number of carbonyl (C=O) groups is 5. The Labute approximate surface area is 259 Å². The van der Waals surface area contributed by atoms with Gasteiger partial charge in [0.25, 0.3) is 23.4 Å². The average molecular weight is 634 g/mol. The van der Waals surface area contributed by atoms with E-state index < -0.39 is 52.8 Å². The molecule has 1 saturated carbocycles. The number of hydrogen-bond acceptors (Lipinski definition) is 8. The summed E-state index contributed by atoms with van der Waals surface area (Å²) in [7, 11) is 0. The summed E-state index contributed by atoms with van der Waals surface area (Å²) in [5, 5.41) is 12.8. The zero-order valence-corrected chi connectivity index (χ0v) is 24.1. The Bertz CT molecular complexity index is 1740. The first-order chi connectivity index (χ1) is 21.0. The van der Waals surface area contributed by atoms with Crippen LogP contribution in [0.4, 0.5) is 5.69 Å². The van der Waals surface area contributed by atoms with Crippen molar-refractivity contribution in [1.82, 2.24) is 10.0 Å². The minimum atomic E-state index is -0.785. The van der Waals surface area contributed by atoms with Gasteiger partial charge in [-0.2, -0.15) is 5.01 Å². The number of ketones is 1. The molecule has 2 bridgehead atoms. The lowest BCUT2D eigenvalue weighted by atomic mass is 9.85. The smallest absolute Gasteiger partial charge is 0.343 e. The molecule has 0 N–H and O–H groups in total. The molecule has 3 amide bonds. The first-order valence-electron chi connectivity index (χ1n) is 13.5. The van der Waals surface area contributed by atoms with Gasteiger partial charge in [-0.25, -0.2) is 9.80 Å². The molecule has 1 heterocycles. The predicted octanol–water partition coefficient (Wildman–Crippen LogP) is 5.17.